The van der Waals surface area contributed by atoms with Gasteiger partial charge < -0.3 is 14.3 Å². The summed E-state index contributed by atoms with van der Waals surface area (Å²) in [6, 6.07) is 15.5. The predicted molar refractivity (Wildman–Crippen MR) is 130 cm³/mol. The van der Waals surface area contributed by atoms with Crippen molar-refractivity contribution in [2.24, 2.45) is 5.92 Å². The lowest BCUT2D eigenvalue weighted by Gasteiger charge is -2.29. The van der Waals surface area contributed by atoms with Gasteiger partial charge in [0.1, 0.15) is 29.9 Å². The largest absolute Gasteiger partial charge is 0.487 e. The zero-order valence-corrected chi connectivity index (χ0v) is 20.3. The third kappa shape index (κ3) is 5.42. The van der Waals surface area contributed by atoms with Gasteiger partial charge in [0, 0.05) is 17.9 Å². The first-order valence-electron chi connectivity index (χ1n) is 11.2. The Morgan fingerprint density at radius 1 is 1.24 bits per heavy atom. The number of nitrogens with zero attached hydrogens (tertiary/aromatic N) is 2. The number of aromatic nitrogens is 1. The zero-order chi connectivity index (χ0) is 23.5. The summed E-state index contributed by atoms with van der Waals surface area (Å²) < 4.78 is 11.9. The van der Waals surface area contributed by atoms with Crippen molar-refractivity contribution in [2.45, 2.75) is 52.3 Å². The molecule has 0 amide bonds. The average molecular weight is 467 g/mol. The number of aryl methyl sites for hydroxylation is 2. The van der Waals surface area contributed by atoms with Crippen molar-refractivity contribution in [3.8, 4) is 17.2 Å². The molecule has 2 atom stereocenters. The fourth-order valence-corrected chi connectivity index (χ4v) is 5.54. The molecule has 1 aliphatic rings. The van der Waals surface area contributed by atoms with E-state index < -0.39 is 12.0 Å². The Morgan fingerprint density at radius 2 is 2.00 bits per heavy atom. The van der Waals surface area contributed by atoms with E-state index in [0.29, 0.717) is 30.7 Å². The number of thioether (sulfide) groups is 1. The van der Waals surface area contributed by atoms with Gasteiger partial charge in [0.05, 0.1) is 5.37 Å². The number of rotatable bonds is 8. The first-order chi connectivity index (χ1) is 15.8. The number of aliphatic carboxylic acids is 1. The number of hydrogen-bond acceptors (Lipinski definition) is 6. The maximum atomic E-state index is 11.8. The van der Waals surface area contributed by atoms with Crippen LogP contribution in [-0.2, 0) is 17.9 Å². The number of carbonyl (C=O) groups is 1. The molecule has 0 radical (unpaired) electrons. The second-order valence-corrected chi connectivity index (χ2v) is 9.97. The van der Waals surface area contributed by atoms with Crippen LogP contribution in [0.1, 0.15) is 36.4 Å². The molecule has 1 aromatic heterocycles. The van der Waals surface area contributed by atoms with Crippen LogP contribution in [0.2, 0.25) is 0 Å². The van der Waals surface area contributed by atoms with Crippen molar-refractivity contribution in [2.75, 3.05) is 5.75 Å². The highest BCUT2D eigenvalue weighted by Gasteiger charge is 2.39. The molecule has 1 unspecified atom stereocenters. The van der Waals surface area contributed by atoms with Crippen LogP contribution in [0.15, 0.2) is 52.9 Å². The Balaban J connectivity index is 1.44. The summed E-state index contributed by atoms with van der Waals surface area (Å²) in [5.41, 5.74) is 3.92. The molecule has 1 N–H and O–H groups in total. The lowest BCUT2D eigenvalue weighted by atomic mass is 10.1. The van der Waals surface area contributed by atoms with E-state index in [1.807, 2.05) is 62.4 Å². The molecule has 2 aromatic carbocycles. The predicted octanol–water partition coefficient (Wildman–Crippen LogP) is 5.52. The van der Waals surface area contributed by atoms with Gasteiger partial charge in [-0.2, -0.15) is 0 Å². The van der Waals surface area contributed by atoms with Gasteiger partial charge in [-0.15, -0.1) is 11.8 Å². The Bertz CT molecular complexity index is 1110. The summed E-state index contributed by atoms with van der Waals surface area (Å²) in [6.45, 7) is 9.09. The van der Waals surface area contributed by atoms with Crippen molar-refractivity contribution in [3.05, 3.63) is 71.1 Å². The molecule has 0 spiro atoms. The van der Waals surface area contributed by atoms with Crippen molar-refractivity contribution in [1.82, 2.24) is 9.88 Å². The smallest absolute Gasteiger partial charge is 0.321 e. The van der Waals surface area contributed by atoms with Crippen LogP contribution in [0.5, 0.6) is 5.75 Å². The van der Waals surface area contributed by atoms with Crippen LogP contribution in [0.4, 0.5) is 0 Å². The average Bonchev–Trinajstić information content (AvgIpc) is 3.37. The highest BCUT2D eigenvalue weighted by atomic mass is 32.2. The molecule has 0 saturated carbocycles. The minimum absolute atomic E-state index is 0.189. The van der Waals surface area contributed by atoms with Crippen molar-refractivity contribution < 1.29 is 19.1 Å². The molecule has 6 nitrogen and oxygen atoms in total. The quantitative estimate of drug-likeness (QED) is 0.468. The van der Waals surface area contributed by atoms with E-state index in [1.54, 1.807) is 11.8 Å². The van der Waals surface area contributed by atoms with E-state index in [0.717, 1.165) is 28.3 Å². The van der Waals surface area contributed by atoms with Crippen LogP contribution < -0.4 is 4.74 Å². The van der Waals surface area contributed by atoms with Crippen LogP contribution in [0, 0.1) is 19.8 Å². The number of benzene rings is 2. The molecule has 33 heavy (non-hydrogen) atoms. The van der Waals surface area contributed by atoms with Crippen molar-refractivity contribution >= 4 is 17.7 Å². The van der Waals surface area contributed by atoms with Crippen molar-refractivity contribution in [3.63, 3.8) is 0 Å². The minimum atomic E-state index is -0.760. The molecule has 3 aromatic rings. The lowest BCUT2D eigenvalue weighted by Crippen LogP contribution is -2.42. The zero-order valence-electron chi connectivity index (χ0n) is 19.4. The van der Waals surface area contributed by atoms with Gasteiger partial charge in [-0.1, -0.05) is 43.7 Å². The summed E-state index contributed by atoms with van der Waals surface area (Å²) in [4.78, 5) is 18.5. The van der Waals surface area contributed by atoms with E-state index in [4.69, 9.17) is 9.15 Å². The van der Waals surface area contributed by atoms with Gasteiger partial charge in [-0.05, 0) is 49.6 Å². The molecule has 1 fully saturated rings. The molecule has 4 rings (SSSR count). The Labute approximate surface area is 199 Å². The van der Waals surface area contributed by atoms with E-state index in [2.05, 4.69) is 23.7 Å². The Hall–Kier alpha value is -2.77. The fourth-order valence-electron chi connectivity index (χ4n) is 4.02. The maximum Gasteiger partial charge on any atom is 0.321 e. The van der Waals surface area contributed by atoms with E-state index >= 15 is 0 Å². The molecular formula is C26H30N2O4S. The molecule has 174 valence electrons. The molecule has 0 aliphatic carbocycles. The summed E-state index contributed by atoms with van der Waals surface area (Å²) in [5.74, 6) is 2.28. The molecule has 7 heteroatoms. The van der Waals surface area contributed by atoms with Gasteiger partial charge in [-0.3, -0.25) is 9.69 Å². The van der Waals surface area contributed by atoms with Gasteiger partial charge in [0.2, 0.25) is 5.89 Å². The summed E-state index contributed by atoms with van der Waals surface area (Å²) in [7, 11) is 0. The molecule has 1 saturated heterocycles. The summed E-state index contributed by atoms with van der Waals surface area (Å²) >= 11 is 1.72. The third-order valence-electron chi connectivity index (χ3n) is 5.84. The van der Waals surface area contributed by atoms with Gasteiger partial charge in [-0.25, -0.2) is 4.98 Å². The number of hydrogen-bond donors (Lipinski definition) is 1. The Kier molecular flexibility index (Phi) is 7.10. The van der Waals surface area contributed by atoms with Crippen LogP contribution >= 0.6 is 11.8 Å². The lowest BCUT2D eigenvalue weighted by molar-refractivity contribution is -0.142. The van der Waals surface area contributed by atoms with Crippen LogP contribution in [-0.4, -0.2) is 38.1 Å². The highest BCUT2D eigenvalue weighted by Crippen LogP contribution is 2.35. The third-order valence-corrected chi connectivity index (χ3v) is 7.50. The molecule has 0 bridgehead atoms. The number of ether oxygens (including phenoxy) is 1. The fraction of sp³-hybridized carbons (Fsp3) is 0.385. The maximum absolute atomic E-state index is 11.8. The second kappa shape index (κ2) is 10.0. The monoisotopic (exact) mass is 466 g/mol. The van der Waals surface area contributed by atoms with Gasteiger partial charge in [0.15, 0.2) is 0 Å². The molecule has 1 aliphatic heterocycles. The van der Waals surface area contributed by atoms with Crippen molar-refractivity contribution in [1.29, 1.82) is 0 Å². The highest BCUT2D eigenvalue weighted by molar-refractivity contribution is 8.00. The topological polar surface area (TPSA) is 75.8 Å². The standard InChI is InChI=1S/C26H30N2O4S/c1-16(2)25-28(23(15-33-25)26(29)30)13-19-6-5-7-21(12-19)31-14-22-18(4)32-24(27-22)20-10-8-17(3)9-11-20/h5-12,16,23,25H,13-15H2,1-4H3,(H,29,30)/t23?,25-/m1/s1. The first kappa shape index (κ1) is 23.4. The number of oxazole rings is 1. The summed E-state index contributed by atoms with van der Waals surface area (Å²) in [6.07, 6.45) is 0. The number of carboxylic acids is 1. The van der Waals surface area contributed by atoms with E-state index in [-0.39, 0.29) is 5.37 Å². The SMILES string of the molecule is Cc1ccc(-c2nc(COc3cccc(CN4C(C(=O)O)CS[C@@H]4C(C)C)c3)c(C)o2)cc1. The summed E-state index contributed by atoms with van der Waals surface area (Å²) in [5, 5.41) is 9.84. The molecular weight excluding hydrogens is 436 g/mol. The Morgan fingerprint density at radius 3 is 2.70 bits per heavy atom. The van der Waals surface area contributed by atoms with Gasteiger partial charge >= 0.3 is 5.97 Å². The second-order valence-electron chi connectivity index (χ2n) is 8.82. The van der Waals surface area contributed by atoms with E-state index in [1.165, 1.54) is 5.56 Å². The number of carboxylic acid groups (broad SMARTS) is 1. The molecule has 2 heterocycles. The first-order valence-corrected chi connectivity index (χ1v) is 12.2. The van der Waals surface area contributed by atoms with E-state index in [9.17, 15) is 9.90 Å². The van der Waals surface area contributed by atoms with Gasteiger partial charge in [0.25, 0.3) is 0 Å². The van der Waals surface area contributed by atoms with Crippen LogP contribution in [0.25, 0.3) is 11.5 Å². The normalized spacial score (nSPS) is 18.7. The minimum Gasteiger partial charge on any atom is -0.487 e. The van der Waals surface area contributed by atoms with Crippen LogP contribution in [0.3, 0.4) is 0 Å².